The Kier molecular flexibility index (Phi) is 6.11. The zero-order valence-corrected chi connectivity index (χ0v) is 15.6. The molecule has 0 aliphatic carbocycles. The molecular weight excluding hydrogens is 377 g/mol. The lowest BCUT2D eigenvalue weighted by molar-refractivity contribution is 0.0594. The normalized spacial score (nSPS) is 12.1. The van der Waals surface area contributed by atoms with Crippen LogP contribution >= 0.6 is 0 Å². The lowest BCUT2D eigenvalue weighted by Crippen LogP contribution is -2.28. The van der Waals surface area contributed by atoms with Crippen LogP contribution in [0.15, 0.2) is 36.5 Å². The third-order valence-electron chi connectivity index (χ3n) is 3.53. The number of hydrogen-bond donors (Lipinski definition) is 2. The summed E-state index contributed by atoms with van der Waals surface area (Å²) in [5.41, 5.74) is 0.373. The SMILES string of the molecule is COC(=O)c1cc(C(=O)NC(C)c2cccc(NS(C)(=O)=O)c2)c(F)cn1. The van der Waals surface area contributed by atoms with Crippen molar-refractivity contribution in [1.29, 1.82) is 0 Å². The largest absolute Gasteiger partial charge is 0.464 e. The van der Waals surface area contributed by atoms with Crippen LogP contribution in [0, 0.1) is 5.82 Å². The standard InChI is InChI=1S/C17H18FN3O5S/c1-10(11-5-4-6-12(7-11)21-27(3,24)25)20-16(22)13-8-15(17(23)26-2)19-9-14(13)18/h4-10,21H,1-3H3,(H,20,22). The molecule has 0 aliphatic heterocycles. The predicted molar refractivity (Wildman–Crippen MR) is 96.3 cm³/mol. The van der Waals surface area contributed by atoms with E-state index in [0.717, 1.165) is 25.6 Å². The van der Waals surface area contributed by atoms with Gasteiger partial charge in [0.2, 0.25) is 10.0 Å². The number of benzene rings is 1. The van der Waals surface area contributed by atoms with Gasteiger partial charge in [0, 0.05) is 5.69 Å². The molecule has 0 saturated carbocycles. The number of esters is 1. The molecule has 1 aromatic heterocycles. The van der Waals surface area contributed by atoms with Gasteiger partial charge in [-0.1, -0.05) is 12.1 Å². The zero-order valence-electron chi connectivity index (χ0n) is 14.8. The molecule has 2 N–H and O–H groups in total. The van der Waals surface area contributed by atoms with Gasteiger partial charge in [-0.15, -0.1) is 0 Å². The maximum Gasteiger partial charge on any atom is 0.356 e. The second-order valence-electron chi connectivity index (χ2n) is 5.74. The Labute approximate surface area is 155 Å². The van der Waals surface area contributed by atoms with E-state index in [1.807, 2.05) is 0 Å². The Bertz CT molecular complexity index is 978. The predicted octanol–water partition coefficient (Wildman–Crippen LogP) is 1.87. The van der Waals surface area contributed by atoms with Crippen molar-refractivity contribution < 1.29 is 27.1 Å². The van der Waals surface area contributed by atoms with Gasteiger partial charge < -0.3 is 10.1 Å². The molecule has 0 saturated heterocycles. The van der Waals surface area contributed by atoms with Crippen LogP contribution in [0.25, 0.3) is 0 Å². The number of rotatable bonds is 6. The fourth-order valence-electron chi connectivity index (χ4n) is 2.27. The van der Waals surface area contributed by atoms with Gasteiger partial charge in [0.1, 0.15) is 5.69 Å². The van der Waals surface area contributed by atoms with E-state index in [9.17, 15) is 22.4 Å². The molecular formula is C17H18FN3O5S. The van der Waals surface area contributed by atoms with Crippen LogP contribution in [0.5, 0.6) is 0 Å². The average molecular weight is 395 g/mol. The fourth-order valence-corrected chi connectivity index (χ4v) is 2.83. The van der Waals surface area contributed by atoms with E-state index in [2.05, 4.69) is 19.8 Å². The minimum atomic E-state index is -3.44. The van der Waals surface area contributed by atoms with Crippen molar-refractivity contribution in [3.05, 3.63) is 59.2 Å². The van der Waals surface area contributed by atoms with E-state index in [1.54, 1.807) is 31.2 Å². The summed E-state index contributed by atoms with van der Waals surface area (Å²) < 4.78 is 43.4. The molecule has 0 spiro atoms. The minimum Gasteiger partial charge on any atom is -0.464 e. The number of pyridine rings is 1. The molecule has 10 heteroatoms. The number of nitrogens with one attached hydrogen (secondary N) is 2. The Balaban J connectivity index is 2.21. The van der Waals surface area contributed by atoms with Crippen LogP contribution < -0.4 is 10.0 Å². The highest BCUT2D eigenvalue weighted by atomic mass is 32.2. The summed E-state index contributed by atoms with van der Waals surface area (Å²) in [7, 11) is -2.30. The van der Waals surface area contributed by atoms with E-state index in [-0.39, 0.29) is 11.3 Å². The number of hydrogen-bond acceptors (Lipinski definition) is 6. The topological polar surface area (TPSA) is 114 Å². The summed E-state index contributed by atoms with van der Waals surface area (Å²) in [6.07, 6.45) is 1.79. The number of carbonyl (C=O) groups is 2. The molecule has 1 aromatic carbocycles. The number of methoxy groups -OCH3 is 1. The monoisotopic (exact) mass is 395 g/mol. The number of anilines is 1. The van der Waals surface area contributed by atoms with E-state index >= 15 is 0 Å². The number of sulfonamides is 1. The molecule has 27 heavy (non-hydrogen) atoms. The number of halogens is 1. The first-order valence-electron chi connectivity index (χ1n) is 7.73. The van der Waals surface area contributed by atoms with Crippen LogP contribution in [0.4, 0.5) is 10.1 Å². The van der Waals surface area contributed by atoms with Gasteiger partial charge in [0.05, 0.1) is 31.2 Å². The highest BCUT2D eigenvalue weighted by Gasteiger charge is 2.19. The number of ether oxygens (including phenoxy) is 1. The minimum absolute atomic E-state index is 0.198. The first kappa shape index (κ1) is 20.3. The van der Waals surface area contributed by atoms with Crippen LogP contribution in [0.1, 0.15) is 39.4 Å². The van der Waals surface area contributed by atoms with Crippen molar-refractivity contribution in [3.8, 4) is 0 Å². The Morgan fingerprint density at radius 3 is 2.59 bits per heavy atom. The van der Waals surface area contributed by atoms with Gasteiger partial charge in [-0.05, 0) is 30.7 Å². The summed E-state index contributed by atoms with van der Waals surface area (Å²) >= 11 is 0. The van der Waals surface area contributed by atoms with Gasteiger partial charge in [-0.25, -0.2) is 22.6 Å². The third kappa shape index (κ3) is 5.48. The Hall–Kier alpha value is -3.01. The van der Waals surface area contributed by atoms with Crippen molar-refractivity contribution in [2.45, 2.75) is 13.0 Å². The summed E-state index contributed by atoms with van der Waals surface area (Å²) in [6, 6.07) is 6.85. The molecule has 1 heterocycles. The third-order valence-corrected chi connectivity index (χ3v) is 4.14. The maximum absolute atomic E-state index is 13.9. The van der Waals surface area contributed by atoms with Gasteiger partial charge in [0.15, 0.2) is 5.82 Å². The maximum atomic E-state index is 13.9. The van der Waals surface area contributed by atoms with Crippen LogP contribution in [-0.4, -0.2) is 38.6 Å². The molecule has 0 aliphatic rings. The molecule has 0 bridgehead atoms. The first-order chi connectivity index (χ1) is 12.6. The smallest absolute Gasteiger partial charge is 0.356 e. The molecule has 8 nitrogen and oxygen atoms in total. The Morgan fingerprint density at radius 2 is 1.96 bits per heavy atom. The second kappa shape index (κ2) is 8.12. The first-order valence-corrected chi connectivity index (χ1v) is 9.62. The van der Waals surface area contributed by atoms with E-state index in [4.69, 9.17) is 0 Å². The zero-order chi connectivity index (χ0) is 20.2. The van der Waals surface area contributed by atoms with Gasteiger partial charge in [-0.2, -0.15) is 0 Å². The highest BCUT2D eigenvalue weighted by Crippen LogP contribution is 2.19. The van der Waals surface area contributed by atoms with Crippen molar-refractivity contribution in [1.82, 2.24) is 10.3 Å². The van der Waals surface area contributed by atoms with Crippen molar-refractivity contribution in [2.75, 3.05) is 18.1 Å². The van der Waals surface area contributed by atoms with E-state index in [1.165, 1.54) is 0 Å². The summed E-state index contributed by atoms with van der Waals surface area (Å²) in [6.45, 7) is 1.65. The highest BCUT2D eigenvalue weighted by molar-refractivity contribution is 7.92. The van der Waals surface area contributed by atoms with Gasteiger partial charge in [-0.3, -0.25) is 9.52 Å². The quantitative estimate of drug-likeness (QED) is 0.722. The van der Waals surface area contributed by atoms with E-state index < -0.39 is 33.8 Å². The van der Waals surface area contributed by atoms with Crippen molar-refractivity contribution in [3.63, 3.8) is 0 Å². The van der Waals surface area contributed by atoms with E-state index in [0.29, 0.717) is 11.3 Å². The summed E-state index contributed by atoms with van der Waals surface area (Å²) in [4.78, 5) is 27.5. The summed E-state index contributed by atoms with van der Waals surface area (Å²) in [5.74, 6) is -2.44. The molecule has 0 radical (unpaired) electrons. The molecule has 0 fully saturated rings. The molecule has 1 amide bonds. The van der Waals surface area contributed by atoms with Crippen molar-refractivity contribution in [2.24, 2.45) is 0 Å². The molecule has 1 unspecified atom stereocenters. The number of nitrogens with zero attached hydrogens (tertiary/aromatic N) is 1. The number of aromatic nitrogens is 1. The average Bonchev–Trinajstić information content (AvgIpc) is 2.60. The number of amides is 1. The molecule has 1 atom stereocenters. The van der Waals surface area contributed by atoms with Crippen LogP contribution in [0.2, 0.25) is 0 Å². The van der Waals surface area contributed by atoms with Crippen LogP contribution in [0.3, 0.4) is 0 Å². The molecule has 2 aromatic rings. The number of carbonyl (C=O) groups excluding carboxylic acids is 2. The second-order valence-corrected chi connectivity index (χ2v) is 7.48. The van der Waals surface area contributed by atoms with Gasteiger partial charge >= 0.3 is 5.97 Å². The summed E-state index contributed by atoms with van der Waals surface area (Å²) in [5, 5.41) is 2.59. The molecule has 2 rings (SSSR count). The lowest BCUT2D eigenvalue weighted by atomic mass is 10.1. The lowest BCUT2D eigenvalue weighted by Gasteiger charge is -2.16. The fraction of sp³-hybridized carbons (Fsp3) is 0.235. The van der Waals surface area contributed by atoms with Gasteiger partial charge in [0.25, 0.3) is 5.91 Å². The molecule has 144 valence electrons. The Morgan fingerprint density at radius 1 is 1.26 bits per heavy atom. The van der Waals surface area contributed by atoms with Crippen LogP contribution in [-0.2, 0) is 14.8 Å². The van der Waals surface area contributed by atoms with Crippen molar-refractivity contribution >= 4 is 27.6 Å².